The minimum Gasteiger partial charge on any atom is -0.463 e. The first-order valence-corrected chi connectivity index (χ1v) is 4.04. The van der Waals surface area contributed by atoms with E-state index in [1.54, 1.807) is 6.26 Å². The van der Waals surface area contributed by atoms with Gasteiger partial charge in [0.25, 0.3) is 0 Å². The van der Waals surface area contributed by atoms with Crippen molar-refractivity contribution in [3.8, 4) is 0 Å². The Kier molecular flexibility index (Phi) is 1.87. The van der Waals surface area contributed by atoms with Gasteiger partial charge in [0.05, 0.1) is 6.26 Å². The zero-order valence-electron chi connectivity index (χ0n) is 6.73. The second-order valence-corrected chi connectivity index (χ2v) is 2.81. The van der Waals surface area contributed by atoms with E-state index in [4.69, 9.17) is 9.52 Å². The summed E-state index contributed by atoms with van der Waals surface area (Å²) >= 11 is 0. The first-order valence-electron chi connectivity index (χ1n) is 4.04. The maximum absolute atomic E-state index is 8.62. The van der Waals surface area contributed by atoms with E-state index in [1.807, 2.05) is 23.0 Å². The number of aliphatic hydroxyl groups is 1. The van der Waals surface area contributed by atoms with Gasteiger partial charge >= 0.3 is 0 Å². The Hall–Kier alpha value is -1.22. The van der Waals surface area contributed by atoms with E-state index in [9.17, 15) is 0 Å². The predicted molar refractivity (Wildman–Crippen MR) is 45.9 cm³/mol. The van der Waals surface area contributed by atoms with Crippen LogP contribution in [0, 0.1) is 0 Å². The largest absolute Gasteiger partial charge is 0.463 e. The smallest absolute Gasteiger partial charge is 0.151 e. The summed E-state index contributed by atoms with van der Waals surface area (Å²) in [5.74, 6) is 0. The molecule has 3 nitrogen and oxygen atoms in total. The highest BCUT2D eigenvalue weighted by atomic mass is 16.3. The minimum absolute atomic E-state index is 0.236. The molecule has 2 aromatic rings. The van der Waals surface area contributed by atoms with Crippen LogP contribution in [0.3, 0.4) is 0 Å². The Morgan fingerprint density at radius 1 is 1.42 bits per heavy atom. The minimum atomic E-state index is 0.236. The normalized spacial score (nSPS) is 11.1. The number of nitrogens with zero attached hydrogens (tertiary/aromatic N) is 1. The lowest BCUT2D eigenvalue weighted by atomic mass is 10.4. The molecule has 2 heterocycles. The van der Waals surface area contributed by atoms with E-state index >= 15 is 0 Å². The van der Waals surface area contributed by atoms with Crippen molar-refractivity contribution in [2.45, 2.75) is 13.0 Å². The number of aromatic nitrogens is 1. The lowest BCUT2D eigenvalue weighted by Gasteiger charge is -1.97. The Labute approximate surface area is 70.2 Å². The first-order chi connectivity index (χ1) is 5.90. The van der Waals surface area contributed by atoms with Gasteiger partial charge in [-0.05, 0) is 12.5 Å². The number of aryl methyl sites for hydroxylation is 1. The molecule has 0 atom stereocenters. The molecule has 0 saturated heterocycles. The molecule has 0 spiro atoms. The average molecular weight is 165 g/mol. The molecule has 3 heteroatoms. The van der Waals surface area contributed by atoms with Crippen molar-refractivity contribution in [1.82, 2.24) is 4.57 Å². The molecule has 0 bridgehead atoms. The molecule has 0 aromatic carbocycles. The van der Waals surface area contributed by atoms with Crippen molar-refractivity contribution in [1.29, 1.82) is 0 Å². The van der Waals surface area contributed by atoms with Crippen molar-refractivity contribution in [2.75, 3.05) is 6.61 Å². The van der Waals surface area contributed by atoms with Gasteiger partial charge in [0.15, 0.2) is 5.58 Å². The highest BCUT2D eigenvalue weighted by Crippen LogP contribution is 2.15. The molecular weight excluding hydrogens is 154 g/mol. The van der Waals surface area contributed by atoms with Gasteiger partial charge in [-0.2, -0.15) is 0 Å². The number of hydrogen-bond donors (Lipinski definition) is 1. The van der Waals surface area contributed by atoms with Crippen LogP contribution in [0.1, 0.15) is 6.42 Å². The third-order valence-corrected chi connectivity index (χ3v) is 1.89. The fourth-order valence-corrected chi connectivity index (χ4v) is 1.29. The van der Waals surface area contributed by atoms with Gasteiger partial charge in [-0.3, -0.25) is 0 Å². The molecule has 12 heavy (non-hydrogen) atoms. The lowest BCUT2D eigenvalue weighted by Crippen LogP contribution is -1.95. The highest BCUT2D eigenvalue weighted by molar-refractivity contribution is 5.76. The predicted octanol–water partition coefficient (Wildman–Crippen LogP) is 1.62. The monoisotopic (exact) mass is 165 g/mol. The molecule has 0 aliphatic rings. The molecule has 0 radical (unpaired) electrons. The number of fused-ring (bicyclic) bond motifs is 1. The summed E-state index contributed by atoms with van der Waals surface area (Å²) < 4.78 is 7.23. The fraction of sp³-hybridized carbons (Fsp3) is 0.333. The Morgan fingerprint density at radius 2 is 2.33 bits per heavy atom. The number of furan rings is 1. The van der Waals surface area contributed by atoms with Gasteiger partial charge in [-0.15, -0.1) is 0 Å². The van der Waals surface area contributed by atoms with E-state index in [-0.39, 0.29) is 6.61 Å². The van der Waals surface area contributed by atoms with Crippen molar-refractivity contribution < 1.29 is 9.52 Å². The Balaban J connectivity index is 2.21. The van der Waals surface area contributed by atoms with Gasteiger partial charge in [0, 0.05) is 30.9 Å². The summed E-state index contributed by atoms with van der Waals surface area (Å²) in [5.41, 5.74) is 0.910. The molecule has 2 aromatic heterocycles. The summed E-state index contributed by atoms with van der Waals surface area (Å²) in [7, 11) is 0. The topological polar surface area (TPSA) is 38.3 Å². The average Bonchev–Trinajstić information content (AvgIpc) is 2.58. The molecule has 0 fully saturated rings. The van der Waals surface area contributed by atoms with Crippen LogP contribution >= 0.6 is 0 Å². The van der Waals surface area contributed by atoms with E-state index in [0.717, 1.165) is 23.9 Å². The molecule has 64 valence electrons. The number of aliphatic hydroxyl groups excluding tert-OH is 1. The van der Waals surface area contributed by atoms with Crippen molar-refractivity contribution >= 4 is 11.0 Å². The first kappa shape index (κ1) is 7.43. The van der Waals surface area contributed by atoms with Crippen LogP contribution in [0.15, 0.2) is 29.1 Å². The summed E-state index contributed by atoms with van der Waals surface area (Å²) in [6.07, 6.45) is 6.44. The number of rotatable bonds is 3. The molecular formula is C9H11NO2. The highest BCUT2D eigenvalue weighted by Gasteiger charge is 1.99. The lowest BCUT2D eigenvalue weighted by molar-refractivity contribution is 0.280. The van der Waals surface area contributed by atoms with Gasteiger partial charge in [0.1, 0.15) is 0 Å². The summed E-state index contributed by atoms with van der Waals surface area (Å²) in [6, 6.07) is 1.94. The van der Waals surface area contributed by atoms with Crippen LogP contribution in [-0.2, 0) is 6.54 Å². The Morgan fingerprint density at radius 3 is 3.08 bits per heavy atom. The second-order valence-electron chi connectivity index (χ2n) is 2.81. The third kappa shape index (κ3) is 1.23. The van der Waals surface area contributed by atoms with E-state index in [1.165, 1.54) is 0 Å². The van der Waals surface area contributed by atoms with Crippen LogP contribution < -0.4 is 0 Å². The van der Waals surface area contributed by atoms with Crippen LogP contribution in [-0.4, -0.2) is 16.3 Å². The molecule has 2 rings (SSSR count). The van der Waals surface area contributed by atoms with Crippen molar-refractivity contribution in [3.63, 3.8) is 0 Å². The van der Waals surface area contributed by atoms with E-state index in [0.29, 0.717) is 0 Å². The van der Waals surface area contributed by atoms with Crippen LogP contribution in [0.2, 0.25) is 0 Å². The molecule has 0 unspecified atom stereocenters. The van der Waals surface area contributed by atoms with Gasteiger partial charge < -0.3 is 14.1 Å². The van der Waals surface area contributed by atoms with Crippen molar-refractivity contribution in [3.05, 3.63) is 24.7 Å². The van der Waals surface area contributed by atoms with Crippen LogP contribution in [0.4, 0.5) is 0 Å². The molecule has 0 aliphatic heterocycles. The Bertz CT molecular complexity index is 333. The number of hydrogen-bond acceptors (Lipinski definition) is 2. The maximum atomic E-state index is 8.62. The zero-order chi connectivity index (χ0) is 8.39. The molecule has 0 aliphatic carbocycles. The van der Waals surface area contributed by atoms with Gasteiger partial charge in [-0.1, -0.05) is 0 Å². The summed E-state index contributed by atoms with van der Waals surface area (Å²) in [5, 5.41) is 9.73. The van der Waals surface area contributed by atoms with E-state index in [2.05, 4.69) is 0 Å². The SMILES string of the molecule is OCCCn1cc2ccoc2c1. The summed E-state index contributed by atoms with van der Waals surface area (Å²) in [6.45, 7) is 1.08. The summed E-state index contributed by atoms with van der Waals surface area (Å²) in [4.78, 5) is 0. The zero-order valence-corrected chi connectivity index (χ0v) is 6.73. The van der Waals surface area contributed by atoms with Gasteiger partial charge in [0.2, 0.25) is 0 Å². The van der Waals surface area contributed by atoms with E-state index < -0.39 is 0 Å². The standard InChI is InChI=1S/C9H11NO2/c11-4-1-3-10-6-8-2-5-12-9(8)7-10/h2,5-7,11H,1,3-4H2. The van der Waals surface area contributed by atoms with Crippen LogP contribution in [0.25, 0.3) is 11.0 Å². The van der Waals surface area contributed by atoms with Gasteiger partial charge in [-0.25, -0.2) is 0 Å². The van der Waals surface area contributed by atoms with Crippen LogP contribution in [0.5, 0.6) is 0 Å². The molecule has 0 saturated carbocycles. The maximum Gasteiger partial charge on any atom is 0.151 e. The fourth-order valence-electron chi connectivity index (χ4n) is 1.29. The van der Waals surface area contributed by atoms with Crippen molar-refractivity contribution in [2.24, 2.45) is 0 Å². The second kappa shape index (κ2) is 3.03. The third-order valence-electron chi connectivity index (χ3n) is 1.89. The molecule has 1 N–H and O–H groups in total. The molecule has 0 amide bonds. The quantitative estimate of drug-likeness (QED) is 0.750.